The van der Waals surface area contributed by atoms with E-state index in [1.54, 1.807) is 13.1 Å². The normalized spacial score (nSPS) is 11.0. The molecule has 0 radical (unpaired) electrons. The van der Waals surface area contributed by atoms with E-state index in [1.165, 1.54) is 5.69 Å². The van der Waals surface area contributed by atoms with Gasteiger partial charge in [-0.25, -0.2) is 5.43 Å². The number of rotatable bonds is 8. The second-order valence-electron chi connectivity index (χ2n) is 5.74. The number of benzene rings is 1. The fourth-order valence-electron chi connectivity index (χ4n) is 2.61. The number of carbonyl (C=O) groups excluding carboxylic acids is 1. The molecule has 0 fully saturated rings. The van der Waals surface area contributed by atoms with E-state index in [4.69, 9.17) is 0 Å². The highest BCUT2D eigenvalue weighted by Gasteiger charge is 2.08. The minimum Gasteiger partial charge on any atom is -0.372 e. The van der Waals surface area contributed by atoms with Crippen LogP contribution in [0.5, 0.6) is 0 Å². The highest BCUT2D eigenvalue weighted by atomic mass is 16.2. The molecule has 0 saturated carbocycles. The Kier molecular flexibility index (Phi) is 6.56. The summed E-state index contributed by atoms with van der Waals surface area (Å²) in [6, 6.07) is 8.01. The maximum Gasteiger partial charge on any atom is 0.267 e. The number of aromatic nitrogens is 2. The molecule has 0 spiro atoms. The van der Waals surface area contributed by atoms with Gasteiger partial charge in [0.05, 0.1) is 6.21 Å². The number of amides is 1. The largest absolute Gasteiger partial charge is 0.372 e. The number of hydrogen-bond acceptors (Lipinski definition) is 4. The predicted molar refractivity (Wildman–Crippen MR) is 100 cm³/mol. The molecule has 0 atom stereocenters. The van der Waals surface area contributed by atoms with E-state index in [0.717, 1.165) is 24.3 Å². The fourth-order valence-corrected chi connectivity index (χ4v) is 2.61. The first-order chi connectivity index (χ1) is 12.0. The molecular formula is C18H25N5O2. The van der Waals surface area contributed by atoms with Crippen LogP contribution in [0.1, 0.15) is 37.1 Å². The third kappa shape index (κ3) is 5.07. The fraction of sp³-hybridized carbons (Fsp3) is 0.389. The van der Waals surface area contributed by atoms with Crippen molar-refractivity contribution < 1.29 is 4.79 Å². The van der Waals surface area contributed by atoms with Gasteiger partial charge in [0.25, 0.3) is 5.56 Å². The SMILES string of the molecule is CCN(CC)c1ccc(/C=N\NC(=O)CCc2c(C)[nH][nH]c2=O)cc1. The predicted octanol–water partition coefficient (Wildman–Crippen LogP) is 1.94. The first-order valence-corrected chi connectivity index (χ1v) is 8.48. The van der Waals surface area contributed by atoms with Crippen molar-refractivity contribution in [3.05, 3.63) is 51.4 Å². The van der Waals surface area contributed by atoms with Gasteiger partial charge in [0.15, 0.2) is 0 Å². The summed E-state index contributed by atoms with van der Waals surface area (Å²) in [6.07, 6.45) is 2.20. The van der Waals surface area contributed by atoms with E-state index in [-0.39, 0.29) is 17.9 Å². The number of hydrazone groups is 1. The van der Waals surface area contributed by atoms with Crippen LogP contribution in [-0.4, -0.2) is 35.4 Å². The Morgan fingerprint density at radius 2 is 1.88 bits per heavy atom. The zero-order valence-electron chi connectivity index (χ0n) is 14.9. The van der Waals surface area contributed by atoms with Gasteiger partial charge in [0.2, 0.25) is 5.91 Å². The minimum atomic E-state index is -0.226. The summed E-state index contributed by atoms with van der Waals surface area (Å²) in [5, 5.41) is 9.21. The first kappa shape index (κ1) is 18.5. The Balaban J connectivity index is 1.84. The second-order valence-corrected chi connectivity index (χ2v) is 5.74. The van der Waals surface area contributed by atoms with Crippen molar-refractivity contribution in [1.82, 2.24) is 15.6 Å². The molecule has 0 aliphatic carbocycles. The van der Waals surface area contributed by atoms with E-state index in [2.05, 4.69) is 39.5 Å². The molecule has 1 aromatic heterocycles. The second kappa shape index (κ2) is 8.86. The Bertz CT molecular complexity index is 770. The van der Waals surface area contributed by atoms with E-state index in [9.17, 15) is 9.59 Å². The summed E-state index contributed by atoms with van der Waals surface area (Å²) in [7, 11) is 0. The minimum absolute atomic E-state index is 0.179. The quantitative estimate of drug-likeness (QED) is 0.505. The molecule has 7 heteroatoms. The van der Waals surface area contributed by atoms with Crippen LogP contribution < -0.4 is 15.9 Å². The third-order valence-electron chi connectivity index (χ3n) is 4.12. The van der Waals surface area contributed by atoms with E-state index in [0.29, 0.717) is 12.0 Å². The molecule has 0 aliphatic heterocycles. The van der Waals surface area contributed by atoms with Gasteiger partial charge in [-0.2, -0.15) is 5.10 Å². The molecule has 2 rings (SSSR count). The molecule has 1 heterocycles. The van der Waals surface area contributed by atoms with E-state index in [1.807, 2.05) is 24.3 Å². The van der Waals surface area contributed by atoms with Crippen molar-refractivity contribution >= 4 is 17.8 Å². The van der Waals surface area contributed by atoms with Crippen molar-refractivity contribution in [2.24, 2.45) is 5.10 Å². The van der Waals surface area contributed by atoms with Gasteiger partial charge in [0.1, 0.15) is 0 Å². The van der Waals surface area contributed by atoms with Crippen LogP contribution in [0.4, 0.5) is 5.69 Å². The molecule has 134 valence electrons. The molecule has 0 aliphatic rings. The summed E-state index contributed by atoms with van der Waals surface area (Å²) >= 11 is 0. The summed E-state index contributed by atoms with van der Waals surface area (Å²) in [4.78, 5) is 25.6. The van der Waals surface area contributed by atoms with Gasteiger partial charge in [-0.05, 0) is 44.9 Å². The lowest BCUT2D eigenvalue weighted by atomic mass is 10.1. The molecule has 2 aromatic rings. The van der Waals surface area contributed by atoms with Crippen LogP contribution in [0, 0.1) is 6.92 Å². The Morgan fingerprint density at radius 3 is 2.44 bits per heavy atom. The molecule has 1 amide bonds. The van der Waals surface area contributed by atoms with Gasteiger partial charge >= 0.3 is 0 Å². The van der Waals surface area contributed by atoms with Crippen molar-refractivity contribution in [2.75, 3.05) is 18.0 Å². The summed E-state index contributed by atoms with van der Waals surface area (Å²) in [5.41, 5.74) is 5.75. The average molecular weight is 343 g/mol. The van der Waals surface area contributed by atoms with Gasteiger partial charge in [-0.1, -0.05) is 12.1 Å². The van der Waals surface area contributed by atoms with Crippen molar-refractivity contribution in [3.8, 4) is 0 Å². The molecule has 25 heavy (non-hydrogen) atoms. The number of H-pyrrole nitrogens is 2. The van der Waals surface area contributed by atoms with Crippen molar-refractivity contribution in [1.29, 1.82) is 0 Å². The summed E-state index contributed by atoms with van der Waals surface area (Å²) in [5.74, 6) is -0.226. The van der Waals surface area contributed by atoms with Crippen LogP contribution in [-0.2, 0) is 11.2 Å². The topological polar surface area (TPSA) is 93.3 Å². The highest BCUT2D eigenvalue weighted by molar-refractivity contribution is 5.83. The van der Waals surface area contributed by atoms with Gasteiger partial charge in [-0.15, -0.1) is 0 Å². The standard InChI is InChI=1S/C18H25N5O2/c1-4-23(5-2)15-8-6-14(7-9-15)12-19-21-17(24)11-10-16-13(3)20-22-18(16)25/h6-9,12H,4-5,10-11H2,1-3H3,(H,21,24)(H2,20,22,25)/b19-12-. The monoisotopic (exact) mass is 343 g/mol. The Labute approximate surface area is 147 Å². The van der Waals surface area contributed by atoms with Crippen LogP contribution in [0.3, 0.4) is 0 Å². The van der Waals surface area contributed by atoms with Gasteiger partial charge < -0.3 is 10.00 Å². The summed E-state index contributed by atoms with van der Waals surface area (Å²) in [6.45, 7) is 7.96. The van der Waals surface area contributed by atoms with Gasteiger partial charge in [0, 0.05) is 36.5 Å². The molecular weight excluding hydrogens is 318 g/mol. The van der Waals surface area contributed by atoms with Crippen LogP contribution in [0.15, 0.2) is 34.2 Å². The van der Waals surface area contributed by atoms with E-state index >= 15 is 0 Å². The number of nitrogens with zero attached hydrogens (tertiary/aromatic N) is 2. The van der Waals surface area contributed by atoms with E-state index < -0.39 is 0 Å². The first-order valence-electron chi connectivity index (χ1n) is 8.48. The third-order valence-corrected chi connectivity index (χ3v) is 4.12. The maximum atomic E-state index is 11.8. The molecule has 0 bridgehead atoms. The lowest BCUT2D eigenvalue weighted by molar-refractivity contribution is -0.121. The van der Waals surface area contributed by atoms with Crippen LogP contribution in [0.25, 0.3) is 0 Å². The number of anilines is 1. The lowest BCUT2D eigenvalue weighted by Crippen LogP contribution is -2.21. The Hall–Kier alpha value is -2.83. The molecule has 7 nitrogen and oxygen atoms in total. The average Bonchev–Trinajstić information content (AvgIpc) is 2.93. The van der Waals surface area contributed by atoms with Crippen LogP contribution in [0.2, 0.25) is 0 Å². The van der Waals surface area contributed by atoms with Crippen LogP contribution >= 0.6 is 0 Å². The molecule has 3 N–H and O–H groups in total. The number of carbonyl (C=O) groups is 1. The smallest absolute Gasteiger partial charge is 0.267 e. The zero-order valence-corrected chi connectivity index (χ0v) is 14.9. The highest BCUT2D eigenvalue weighted by Crippen LogP contribution is 2.13. The number of nitrogens with one attached hydrogen (secondary N) is 3. The molecule has 1 aromatic carbocycles. The number of aromatic amines is 2. The Morgan fingerprint density at radius 1 is 1.20 bits per heavy atom. The van der Waals surface area contributed by atoms with Gasteiger partial charge in [-0.3, -0.25) is 14.7 Å². The maximum absolute atomic E-state index is 11.8. The lowest BCUT2D eigenvalue weighted by Gasteiger charge is -2.20. The molecule has 0 saturated heterocycles. The summed E-state index contributed by atoms with van der Waals surface area (Å²) < 4.78 is 0. The number of aryl methyl sites for hydroxylation is 1. The van der Waals surface area contributed by atoms with Crippen molar-refractivity contribution in [3.63, 3.8) is 0 Å². The molecule has 0 unspecified atom stereocenters. The van der Waals surface area contributed by atoms with Crippen molar-refractivity contribution in [2.45, 2.75) is 33.6 Å². The zero-order chi connectivity index (χ0) is 18.2. The number of hydrogen-bond donors (Lipinski definition) is 3.